The minimum absolute atomic E-state index is 0.156. The van der Waals surface area contributed by atoms with Crippen LogP contribution < -0.4 is 5.56 Å². The van der Waals surface area contributed by atoms with Gasteiger partial charge in [0.15, 0.2) is 0 Å². The summed E-state index contributed by atoms with van der Waals surface area (Å²) in [4.78, 5) is 23.8. The van der Waals surface area contributed by atoms with Crippen LogP contribution >= 0.6 is 0 Å². The maximum Gasteiger partial charge on any atom is 0.274 e. The Hall–Kier alpha value is -3.01. The number of benzene rings is 1. The fraction of sp³-hybridized carbons (Fsp3) is 0.0556. The molecule has 22 heavy (non-hydrogen) atoms. The first-order chi connectivity index (χ1) is 10.7. The lowest BCUT2D eigenvalue weighted by molar-refractivity contribution is 1.16. The van der Waals surface area contributed by atoms with Gasteiger partial charge in [0.1, 0.15) is 5.52 Å². The van der Waals surface area contributed by atoms with E-state index in [2.05, 4.69) is 15.0 Å². The van der Waals surface area contributed by atoms with Crippen LogP contribution in [0.2, 0.25) is 0 Å². The summed E-state index contributed by atoms with van der Waals surface area (Å²) in [6, 6.07) is 13.8. The van der Waals surface area contributed by atoms with Crippen molar-refractivity contribution in [1.82, 2.24) is 15.0 Å². The Morgan fingerprint density at radius 3 is 2.45 bits per heavy atom. The molecule has 4 nitrogen and oxygen atoms in total. The van der Waals surface area contributed by atoms with Crippen molar-refractivity contribution in [3.8, 4) is 11.3 Å². The number of aryl methyl sites for hydroxylation is 1. The second kappa shape index (κ2) is 4.77. The third-order valence-electron chi connectivity index (χ3n) is 3.79. The van der Waals surface area contributed by atoms with Crippen molar-refractivity contribution in [3.63, 3.8) is 0 Å². The van der Waals surface area contributed by atoms with E-state index in [1.165, 1.54) is 0 Å². The summed E-state index contributed by atoms with van der Waals surface area (Å²) >= 11 is 0. The van der Waals surface area contributed by atoms with Gasteiger partial charge >= 0.3 is 0 Å². The average Bonchev–Trinajstić information content (AvgIpc) is 2.55. The molecule has 0 saturated heterocycles. The predicted octanol–water partition coefficient (Wildman–Crippen LogP) is 3.45. The fourth-order valence-corrected chi connectivity index (χ4v) is 2.82. The third kappa shape index (κ3) is 1.89. The number of nitrogens with one attached hydrogen (secondary N) is 1. The molecule has 1 aromatic carbocycles. The Morgan fingerprint density at radius 1 is 0.955 bits per heavy atom. The molecule has 0 aliphatic rings. The molecule has 0 fully saturated rings. The van der Waals surface area contributed by atoms with Gasteiger partial charge in [-0.3, -0.25) is 9.78 Å². The van der Waals surface area contributed by atoms with Crippen LogP contribution in [0.25, 0.3) is 32.9 Å². The van der Waals surface area contributed by atoms with Crippen LogP contribution in [0.1, 0.15) is 5.69 Å². The number of fused-ring (bicyclic) bond motifs is 3. The van der Waals surface area contributed by atoms with Crippen molar-refractivity contribution in [3.05, 3.63) is 70.9 Å². The van der Waals surface area contributed by atoms with Crippen LogP contribution in [0.5, 0.6) is 0 Å². The lowest BCUT2D eigenvalue weighted by Crippen LogP contribution is -2.10. The van der Waals surface area contributed by atoms with Crippen LogP contribution in [-0.4, -0.2) is 15.0 Å². The number of pyridine rings is 3. The molecule has 0 bridgehead atoms. The van der Waals surface area contributed by atoms with Gasteiger partial charge in [0, 0.05) is 34.4 Å². The van der Waals surface area contributed by atoms with Crippen LogP contribution in [0.3, 0.4) is 0 Å². The highest BCUT2D eigenvalue weighted by atomic mass is 16.1. The van der Waals surface area contributed by atoms with Gasteiger partial charge in [0.25, 0.3) is 5.56 Å². The molecule has 106 valence electrons. The molecule has 4 aromatic rings. The molecule has 3 aromatic heterocycles. The third-order valence-corrected chi connectivity index (χ3v) is 3.79. The zero-order valence-electron chi connectivity index (χ0n) is 12.0. The van der Waals surface area contributed by atoms with Gasteiger partial charge in [-0.25, -0.2) is 4.98 Å². The SMILES string of the molecule is Cc1cc2c(nc(-c3ccncc3)c3ccccc32)c(=O)[nH]1. The van der Waals surface area contributed by atoms with E-state index in [4.69, 9.17) is 0 Å². The number of rotatable bonds is 1. The zero-order chi connectivity index (χ0) is 15.1. The maximum absolute atomic E-state index is 12.3. The summed E-state index contributed by atoms with van der Waals surface area (Å²) in [6.45, 7) is 1.88. The molecular weight excluding hydrogens is 274 g/mol. The van der Waals surface area contributed by atoms with Gasteiger partial charge in [0.05, 0.1) is 5.69 Å². The second-order valence-electron chi connectivity index (χ2n) is 5.29. The van der Waals surface area contributed by atoms with E-state index in [1.807, 2.05) is 49.4 Å². The number of hydrogen-bond donors (Lipinski definition) is 1. The van der Waals surface area contributed by atoms with Crippen LogP contribution in [0.15, 0.2) is 59.7 Å². The molecule has 4 rings (SSSR count). The molecule has 3 heterocycles. The molecule has 0 spiro atoms. The summed E-state index contributed by atoms with van der Waals surface area (Å²) in [6.07, 6.45) is 3.46. The van der Waals surface area contributed by atoms with Crippen molar-refractivity contribution < 1.29 is 0 Å². The number of hydrogen-bond acceptors (Lipinski definition) is 3. The average molecular weight is 287 g/mol. The van der Waals surface area contributed by atoms with Crippen molar-refractivity contribution in [2.24, 2.45) is 0 Å². The van der Waals surface area contributed by atoms with E-state index in [9.17, 15) is 4.79 Å². The predicted molar refractivity (Wildman–Crippen MR) is 87.8 cm³/mol. The largest absolute Gasteiger partial charge is 0.325 e. The van der Waals surface area contributed by atoms with E-state index >= 15 is 0 Å². The second-order valence-corrected chi connectivity index (χ2v) is 5.29. The summed E-state index contributed by atoms with van der Waals surface area (Å²) in [7, 11) is 0. The number of aromatic nitrogens is 3. The fourth-order valence-electron chi connectivity index (χ4n) is 2.82. The minimum Gasteiger partial charge on any atom is -0.325 e. The normalized spacial score (nSPS) is 11.1. The van der Waals surface area contributed by atoms with Crippen molar-refractivity contribution in [2.75, 3.05) is 0 Å². The molecule has 0 radical (unpaired) electrons. The van der Waals surface area contributed by atoms with Gasteiger partial charge in [-0.1, -0.05) is 24.3 Å². The topological polar surface area (TPSA) is 58.6 Å². The van der Waals surface area contributed by atoms with Gasteiger partial charge in [0.2, 0.25) is 0 Å². The first-order valence-electron chi connectivity index (χ1n) is 7.07. The molecule has 4 heteroatoms. The molecule has 0 aliphatic heterocycles. The van der Waals surface area contributed by atoms with Crippen LogP contribution in [0, 0.1) is 6.92 Å². The zero-order valence-corrected chi connectivity index (χ0v) is 12.0. The molecule has 0 saturated carbocycles. The first kappa shape index (κ1) is 12.7. The summed E-state index contributed by atoms with van der Waals surface area (Å²) in [5.41, 5.74) is 2.90. The molecule has 0 atom stereocenters. The number of nitrogens with zero attached hydrogens (tertiary/aromatic N) is 2. The molecule has 1 N–H and O–H groups in total. The van der Waals surface area contributed by atoms with E-state index in [1.54, 1.807) is 12.4 Å². The highest BCUT2D eigenvalue weighted by Crippen LogP contribution is 2.30. The lowest BCUT2D eigenvalue weighted by atomic mass is 10.0. The molecular formula is C18H13N3O. The van der Waals surface area contributed by atoms with E-state index < -0.39 is 0 Å². The minimum atomic E-state index is -0.156. The standard InChI is InChI=1S/C18H13N3O/c1-11-10-15-13-4-2-3-5-14(13)16(12-6-8-19-9-7-12)21-17(15)18(22)20-11/h2-10H,1H3,(H,20,22). The quantitative estimate of drug-likeness (QED) is 0.545. The monoisotopic (exact) mass is 287 g/mol. The number of H-pyrrole nitrogens is 1. The Balaban J connectivity index is 2.24. The molecule has 0 unspecified atom stereocenters. The van der Waals surface area contributed by atoms with Crippen LogP contribution in [0.4, 0.5) is 0 Å². The van der Waals surface area contributed by atoms with Crippen molar-refractivity contribution >= 4 is 21.7 Å². The van der Waals surface area contributed by atoms with E-state index in [0.29, 0.717) is 5.52 Å². The highest BCUT2D eigenvalue weighted by Gasteiger charge is 2.12. The number of aromatic amines is 1. The van der Waals surface area contributed by atoms with Gasteiger partial charge in [-0.05, 0) is 30.5 Å². The highest BCUT2D eigenvalue weighted by molar-refractivity contribution is 6.10. The Kier molecular flexibility index (Phi) is 2.76. The van der Waals surface area contributed by atoms with Crippen LogP contribution in [-0.2, 0) is 0 Å². The summed E-state index contributed by atoms with van der Waals surface area (Å²) in [5.74, 6) is 0. The van der Waals surface area contributed by atoms with E-state index in [0.717, 1.165) is 33.1 Å². The molecule has 0 amide bonds. The van der Waals surface area contributed by atoms with Crippen molar-refractivity contribution in [2.45, 2.75) is 6.92 Å². The Bertz CT molecular complexity index is 1050. The maximum atomic E-state index is 12.3. The smallest absolute Gasteiger partial charge is 0.274 e. The molecule has 0 aliphatic carbocycles. The van der Waals surface area contributed by atoms with Gasteiger partial charge < -0.3 is 4.98 Å². The van der Waals surface area contributed by atoms with E-state index in [-0.39, 0.29) is 5.56 Å². The van der Waals surface area contributed by atoms with Gasteiger partial charge in [-0.2, -0.15) is 0 Å². The first-order valence-corrected chi connectivity index (χ1v) is 7.07. The lowest BCUT2D eigenvalue weighted by Gasteiger charge is -2.09. The Labute approximate surface area is 126 Å². The summed E-state index contributed by atoms with van der Waals surface area (Å²) < 4.78 is 0. The summed E-state index contributed by atoms with van der Waals surface area (Å²) in [5, 5.41) is 2.95. The van der Waals surface area contributed by atoms with Crippen molar-refractivity contribution in [1.29, 1.82) is 0 Å². The van der Waals surface area contributed by atoms with Gasteiger partial charge in [-0.15, -0.1) is 0 Å². The Morgan fingerprint density at radius 2 is 1.68 bits per heavy atom.